The van der Waals surface area contributed by atoms with Crippen LogP contribution in [-0.2, 0) is 9.59 Å². The first-order valence-corrected chi connectivity index (χ1v) is 14.5. The van der Waals surface area contributed by atoms with Gasteiger partial charge in [0.2, 0.25) is 5.91 Å². The van der Waals surface area contributed by atoms with Gasteiger partial charge in [0.15, 0.2) is 0 Å². The molecule has 7 heteroatoms. The Labute approximate surface area is 215 Å². The molecule has 1 heterocycles. The van der Waals surface area contributed by atoms with Crippen LogP contribution in [0.1, 0.15) is 91.4 Å². The fourth-order valence-electron chi connectivity index (χ4n) is 10.2. The van der Waals surface area contributed by atoms with Crippen molar-refractivity contribution in [3.63, 3.8) is 0 Å². The van der Waals surface area contributed by atoms with E-state index in [-0.39, 0.29) is 41.9 Å². The van der Waals surface area contributed by atoms with Gasteiger partial charge in [0.1, 0.15) is 6.04 Å². The molecular formula is C29H47NO6. The average Bonchev–Trinajstić information content (AvgIpc) is 3.38. The van der Waals surface area contributed by atoms with Gasteiger partial charge < -0.3 is 25.3 Å². The monoisotopic (exact) mass is 505 g/mol. The second-order valence-corrected chi connectivity index (χ2v) is 13.8. The summed E-state index contributed by atoms with van der Waals surface area (Å²) in [5.41, 5.74) is 0.386. The smallest absolute Gasteiger partial charge is 0.326 e. The summed E-state index contributed by atoms with van der Waals surface area (Å²) in [6.45, 7) is 7.25. The van der Waals surface area contributed by atoms with E-state index in [4.69, 9.17) is 0 Å². The number of hydrogen-bond donors (Lipinski definition) is 4. The Bertz CT molecular complexity index is 865. The molecule has 0 bridgehead atoms. The summed E-state index contributed by atoms with van der Waals surface area (Å²) in [7, 11) is 0. The van der Waals surface area contributed by atoms with Crippen LogP contribution in [0.3, 0.4) is 0 Å². The molecule has 1 amide bonds. The first kappa shape index (κ1) is 26.4. The average molecular weight is 506 g/mol. The molecule has 5 fully saturated rings. The number of aliphatic carboxylic acids is 1. The van der Waals surface area contributed by atoms with E-state index < -0.39 is 18.1 Å². The normalized spacial score (nSPS) is 49.2. The standard InChI is InChI=1S/C29H47NO6/c1-16(4-7-25(34)30-15-19(32)14-23(30)27(35)36)20-5-6-21-26-22(9-11-29(20,21)3)28(2)10-8-18(31)12-17(28)13-24(26)33/h16-24,26,31-33H,4-15H2,1-3H3,(H,35,36)/t16-,17+,18-,19-,20-,21+,22+,23+,24+,26+,28+,29-/m1/s1. The van der Waals surface area contributed by atoms with Crippen LogP contribution in [0.4, 0.5) is 0 Å². The fraction of sp³-hybridized carbons (Fsp3) is 0.931. The van der Waals surface area contributed by atoms with Crippen LogP contribution in [0.2, 0.25) is 0 Å². The molecule has 36 heavy (non-hydrogen) atoms. The van der Waals surface area contributed by atoms with Crippen molar-refractivity contribution in [3.8, 4) is 0 Å². The van der Waals surface area contributed by atoms with Gasteiger partial charge in [0.05, 0.1) is 18.3 Å². The summed E-state index contributed by atoms with van der Waals surface area (Å²) in [6, 6.07) is -0.912. The molecule has 7 nitrogen and oxygen atoms in total. The Morgan fingerprint density at radius 3 is 2.33 bits per heavy atom. The summed E-state index contributed by atoms with van der Waals surface area (Å²) >= 11 is 0. The Morgan fingerprint density at radius 1 is 0.917 bits per heavy atom. The number of carbonyl (C=O) groups excluding carboxylic acids is 1. The molecule has 4 aliphatic carbocycles. The maximum Gasteiger partial charge on any atom is 0.326 e. The largest absolute Gasteiger partial charge is 0.480 e. The van der Waals surface area contributed by atoms with Crippen LogP contribution in [0.15, 0.2) is 0 Å². The summed E-state index contributed by atoms with van der Waals surface area (Å²) in [4.78, 5) is 25.8. The van der Waals surface area contributed by atoms with E-state index in [1.165, 1.54) is 11.3 Å². The van der Waals surface area contributed by atoms with Crippen molar-refractivity contribution in [3.05, 3.63) is 0 Å². The quantitative estimate of drug-likeness (QED) is 0.455. The van der Waals surface area contributed by atoms with Gasteiger partial charge in [-0.15, -0.1) is 0 Å². The number of likely N-dealkylation sites (tertiary alicyclic amines) is 1. The van der Waals surface area contributed by atoms with Crippen LogP contribution in [0, 0.1) is 46.3 Å². The highest BCUT2D eigenvalue weighted by atomic mass is 16.4. The van der Waals surface area contributed by atoms with Crippen LogP contribution >= 0.6 is 0 Å². The van der Waals surface area contributed by atoms with Gasteiger partial charge >= 0.3 is 5.97 Å². The Hall–Kier alpha value is -1.18. The zero-order chi connectivity index (χ0) is 26.0. The minimum atomic E-state index is -1.04. The summed E-state index contributed by atoms with van der Waals surface area (Å²) < 4.78 is 0. The van der Waals surface area contributed by atoms with E-state index in [0.717, 1.165) is 51.4 Å². The molecule has 4 saturated carbocycles. The molecule has 0 spiro atoms. The summed E-state index contributed by atoms with van der Waals surface area (Å²) in [6.07, 6.45) is 8.12. The van der Waals surface area contributed by atoms with Crippen molar-refractivity contribution in [1.82, 2.24) is 4.90 Å². The van der Waals surface area contributed by atoms with E-state index in [2.05, 4.69) is 20.8 Å². The predicted molar refractivity (Wildman–Crippen MR) is 135 cm³/mol. The third-order valence-corrected chi connectivity index (χ3v) is 12.1. The lowest BCUT2D eigenvalue weighted by Crippen LogP contribution is -2.58. The molecule has 4 N–H and O–H groups in total. The topological polar surface area (TPSA) is 118 Å². The Kier molecular flexibility index (Phi) is 7.00. The van der Waals surface area contributed by atoms with Gasteiger partial charge in [-0.25, -0.2) is 4.79 Å². The molecule has 5 aliphatic rings. The lowest BCUT2D eigenvalue weighted by atomic mass is 9.43. The number of nitrogens with zero attached hydrogens (tertiary/aromatic N) is 1. The van der Waals surface area contributed by atoms with Crippen LogP contribution in [0.25, 0.3) is 0 Å². The number of carbonyl (C=O) groups is 2. The number of fused-ring (bicyclic) bond motifs is 5. The van der Waals surface area contributed by atoms with E-state index in [0.29, 0.717) is 41.9 Å². The number of rotatable bonds is 5. The molecule has 0 aromatic rings. The maximum atomic E-state index is 12.9. The molecule has 0 aromatic heterocycles. The zero-order valence-corrected chi connectivity index (χ0v) is 22.3. The molecule has 1 aliphatic heterocycles. The Morgan fingerprint density at radius 2 is 1.61 bits per heavy atom. The van der Waals surface area contributed by atoms with Crippen molar-refractivity contribution in [2.24, 2.45) is 46.3 Å². The number of amides is 1. The molecule has 1 saturated heterocycles. The van der Waals surface area contributed by atoms with Crippen LogP contribution in [0.5, 0.6) is 0 Å². The van der Waals surface area contributed by atoms with Gasteiger partial charge in [0.25, 0.3) is 0 Å². The van der Waals surface area contributed by atoms with Gasteiger partial charge in [-0.2, -0.15) is 0 Å². The van der Waals surface area contributed by atoms with Gasteiger partial charge in [0, 0.05) is 19.4 Å². The molecule has 0 unspecified atom stereocenters. The number of hydrogen-bond acceptors (Lipinski definition) is 5. The summed E-state index contributed by atoms with van der Waals surface area (Å²) in [5, 5.41) is 41.1. The van der Waals surface area contributed by atoms with E-state index in [1.54, 1.807) is 0 Å². The van der Waals surface area contributed by atoms with E-state index in [1.807, 2.05) is 0 Å². The van der Waals surface area contributed by atoms with Gasteiger partial charge in [-0.3, -0.25) is 4.79 Å². The predicted octanol–water partition coefficient (Wildman–Crippen LogP) is 3.44. The van der Waals surface area contributed by atoms with Gasteiger partial charge in [-0.05, 0) is 104 Å². The van der Waals surface area contributed by atoms with E-state index in [9.17, 15) is 30.0 Å². The van der Waals surface area contributed by atoms with Crippen molar-refractivity contribution in [2.45, 2.75) is 116 Å². The number of aliphatic hydroxyl groups excluding tert-OH is 3. The first-order valence-electron chi connectivity index (χ1n) is 14.5. The van der Waals surface area contributed by atoms with E-state index >= 15 is 0 Å². The maximum absolute atomic E-state index is 12.9. The second kappa shape index (κ2) is 9.53. The van der Waals surface area contributed by atoms with Crippen molar-refractivity contribution in [1.29, 1.82) is 0 Å². The first-order chi connectivity index (χ1) is 17.0. The molecule has 0 radical (unpaired) electrons. The fourth-order valence-corrected chi connectivity index (χ4v) is 10.2. The van der Waals surface area contributed by atoms with Gasteiger partial charge in [-0.1, -0.05) is 20.8 Å². The number of aliphatic hydroxyl groups is 3. The second-order valence-electron chi connectivity index (χ2n) is 13.8. The highest BCUT2D eigenvalue weighted by molar-refractivity contribution is 5.84. The molecular weight excluding hydrogens is 458 g/mol. The minimum absolute atomic E-state index is 0.114. The van der Waals surface area contributed by atoms with Crippen LogP contribution < -0.4 is 0 Å². The minimum Gasteiger partial charge on any atom is -0.480 e. The van der Waals surface area contributed by atoms with Crippen molar-refractivity contribution < 1.29 is 30.0 Å². The number of carboxylic acids is 1. The number of β-amino-alcohol motifs (C(OH)–C–C–N with tert-alkyl or cyclic N) is 1. The lowest BCUT2D eigenvalue weighted by Gasteiger charge is -2.62. The van der Waals surface area contributed by atoms with Crippen molar-refractivity contribution in [2.75, 3.05) is 6.54 Å². The third kappa shape index (κ3) is 4.21. The zero-order valence-electron chi connectivity index (χ0n) is 22.3. The molecule has 5 rings (SSSR count). The SMILES string of the molecule is C[C@H](CCC(=O)N1C[C@H](O)C[C@H]1C(=O)O)[C@H]1CC[C@H]2[C@@H]3[C@@H](O)C[C@@H]4C[C@H](O)CC[C@]4(C)[C@H]3CC[C@]12C. The summed E-state index contributed by atoms with van der Waals surface area (Å²) in [5.74, 6) is 1.45. The van der Waals surface area contributed by atoms with Crippen molar-refractivity contribution >= 4 is 11.9 Å². The molecule has 204 valence electrons. The lowest BCUT2D eigenvalue weighted by molar-refractivity contribution is -0.174. The highest BCUT2D eigenvalue weighted by Gasteiger charge is 2.62. The Balaban J connectivity index is 1.25. The van der Waals surface area contributed by atoms with Crippen LogP contribution in [-0.4, -0.2) is 68.1 Å². The molecule has 0 aromatic carbocycles. The number of carboxylic acid groups (broad SMARTS) is 1. The third-order valence-electron chi connectivity index (χ3n) is 12.1. The molecule has 12 atom stereocenters. The highest BCUT2D eigenvalue weighted by Crippen LogP contribution is 2.68.